The zero-order valence-electron chi connectivity index (χ0n) is 11.6. The third kappa shape index (κ3) is 3.08. The van der Waals surface area contributed by atoms with Gasteiger partial charge in [-0.25, -0.2) is 0 Å². The molecule has 2 nitrogen and oxygen atoms in total. The summed E-state index contributed by atoms with van der Waals surface area (Å²) in [6, 6.07) is 13.6. The molecule has 0 aliphatic carbocycles. The zero-order valence-corrected chi connectivity index (χ0v) is 11.6. The maximum Gasteiger partial charge on any atom is 0.171 e. The molecule has 0 aliphatic heterocycles. The first-order valence-electron chi connectivity index (χ1n) is 6.64. The van der Waals surface area contributed by atoms with E-state index in [0.717, 1.165) is 11.3 Å². The van der Waals surface area contributed by atoms with Gasteiger partial charge in [-0.05, 0) is 30.5 Å². The molecule has 1 aromatic carbocycles. The Kier molecular flexibility index (Phi) is 4.10. The second kappa shape index (κ2) is 5.79. The molecule has 1 heterocycles. The normalized spacial score (nSPS) is 12.4. The van der Waals surface area contributed by atoms with Gasteiger partial charge >= 0.3 is 0 Å². The van der Waals surface area contributed by atoms with Crippen LogP contribution in [0.2, 0.25) is 0 Å². The molecule has 0 fully saturated rings. The molecule has 2 aromatic rings. The first kappa shape index (κ1) is 13.5. The first-order chi connectivity index (χ1) is 9.09. The van der Waals surface area contributed by atoms with Crippen molar-refractivity contribution in [1.29, 1.82) is 0 Å². The third-order valence-corrected chi connectivity index (χ3v) is 3.39. The van der Waals surface area contributed by atoms with Gasteiger partial charge in [-0.1, -0.05) is 44.2 Å². The Balaban J connectivity index is 2.20. The van der Waals surface area contributed by atoms with E-state index in [1.165, 1.54) is 5.56 Å². The molecule has 0 amide bonds. The summed E-state index contributed by atoms with van der Waals surface area (Å²) in [6.45, 7) is 6.20. The van der Waals surface area contributed by atoms with Crippen molar-refractivity contribution in [3.05, 3.63) is 65.5 Å². The van der Waals surface area contributed by atoms with Crippen molar-refractivity contribution < 1.29 is 4.79 Å². The Labute approximate surface area is 114 Å². The summed E-state index contributed by atoms with van der Waals surface area (Å²) in [5.74, 6) is 0.400. The number of rotatable bonds is 4. The molecule has 98 valence electrons. The van der Waals surface area contributed by atoms with Gasteiger partial charge in [0.05, 0.1) is 11.6 Å². The number of benzene rings is 1. The minimum absolute atomic E-state index is 0.119. The predicted octanol–water partition coefficient (Wildman–Crippen LogP) is 4.19. The van der Waals surface area contributed by atoms with Crippen LogP contribution in [-0.2, 0) is 0 Å². The summed E-state index contributed by atoms with van der Waals surface area (Å²) in [7, 11) is 0. The minimum atomic E-state index is -0.203. The highest BCUT2D eigenvalue weighted by molar-refractivity contribution is 6.00. The lowest BCUT2D eigenvalue weighted by Crippen LogP contribution is -2.11. The van der Waals surface area contributed by atoms with Gasteiger partial charge in [-0.3, -0.25) is 9.78 Å². The van der Waals surface area contributed by atoms with Crippen LogP contribution in [0.5, 0.6) is 0 Å². The minimum Gasteiger partial charge on any atom is -0.293 e. The summed E-state index contributed by atoms with van der Waals surface area (Å²) in [6.07, 6.45) is 1.72. The van der Waals surface area contributed by atoms with Crippen molar-refractivity contribution >= 4 is 5.78 Å². The van der Waals surface area contributed by atoms with Gasteiger partial charge in [0.25, 0.3) is 0 Å². The maximum absolute atomic E-state index is 12.4. The van der Waals surface area contributed by atoms with Crippen LogP contribution in [0.3, 0.4) is 0 Å². The molecule has 0 radical (unpaired) electrons. The van der Waals surface area contributed by atoms with Crippen LogP contribution in [0.25, 0.3) is 0 Å². The van der Waals surface area contributed by atoms with Gasteiger partial charge in [0.2, 0.25) is 0 Å². The molecular weight excluding hydrogens is 234 g/mol. The Morgan fingerprint density at radius 2 is 1.68 bits per heavy atom. The highest BCUT2D eigenvalue weighted by Crippen LogP contribution is 2.20. The van der Waals surface area contributed by atoms with Crippen LogP contribution in [0.15, 0.2) is 48.7 Å². The molecule has 0 aliphatic rings. The fourth-order valence-electron chi connectivity index (χ4n) is 2.05. The third-order valence-electron chi connectivity index (χ3n) is 3.39. The van der Waals surface area contributed by atoms with Crippen molar-refractivity contribution in [2.75, 3.05) is 0 Å². The Morgan fingerprint density at radius 3 is 2.21 bits per heavy atom. The molecule has 0 bridgehead atoms. The van der Waals surface area contributed by atoms with E-state index in [9.17, 15) is 4.79 Å². The molecule has 19 heavy (non-hydrogen) atoms. The summed E-state index contributed by atoms with van der Waals surface area (Å²) < 4.78 is 0. The Morgan fingerprint density at radius 1 is 1.00 bits per heavy atom. The number of aromatic nitrogens is 1. The molecule has 0 saturated carbocycles. The van der Waals surface area contributed by atoms with Crippen molar-refractivity contribution in [3.63, 3.8) is 0 Å². The number of Topliss-reactive ketones (excluding diaryl/α,β-unsaturated/α-hetero) is 1. The summed E-state index contributed by atoms with van der Waals surface area (Å²) in [5.41, 5.74) is 2.82. The second-order valence-corrected chi connectivity index (χ2v) is 5.12. The van der Waals surface area contributed by atoms with E-state index < -0.39 is 0 Å². The fourth-order valence-corrected chi connectivity index (χ4v) is 2.05. The standard InChI is InChI=1S/C17H19NO/c1-12(2)14-7-9-15(10-8-14)17(19)13(3)16-6-4-5-11-18-16/h4-13H,1-3H3. The van der Waals surface area contributed by atoms with Crippen LogP contribution in [0.1, 0.15) is 54.2 Å². The molecule has 0 saturated heterocycles. The molecule has 0 spiro atoms. The number of carbonyl (C=O) groups excluding carboxylic acids is 1. The molecule has 2 rings (SSSR count). The van der Waals surface area contributed by atoms with Gasteiger partial charge < -0.3 is 0 Å². The summed E-state index contributed by atoms with van der Waals surface area (Å²) in [5, 5.41) is 0. The monoisotopic (exact) mass is 253 g/mol. The van der Waals surface area contributed by atoms with Crippen LogP contribution in [0, 0.1) is 0 Å². The van der Waals surface area contributed by atoms with Gasteiger partial charge in [-0.2, -0.15) is 0 Å². The molecular formula is C17H19NO. The van der Waals surface area contributed by atoms with E-state index in [1.807, 2.05) is 49.4 Å². The number of hydrogen-bond donors (Lipinski definition) is 0. The molecule has 1 atom stereocenters. The lowest BCUT2D eigenvalue weighted by molar-refractivity contribution is 0.0964. The number of pyridine rings is 1. The van der Waals surface area contributed by atoms with E-state index >= 15 is 0 Å². The lowest BCUT2D eigenvalue weighted by Gasteiger charge is -2.11. The van der Waals surface area contributed by atoms with Crippen molar-refractivity contribution in [3.8, 4) is 0 Å². The van der Waals surface area contributed by atoms with E-state index in [0.29, 0.717) is 5.92 Å². The topological polar surface area (TPSA) is 30.0 Å². The Hall–Kier alpha value is -1.96. The zero-order chi connectivity index (χ0) is 13.8. The smallest absolute Gasteiger partial charge is 0.171 e. The highest BCUT2D eigenvalue weighted by atomic mass is 16.1. The molecule has 1 aromatic heterocycles. The largest absolute Gasteiger partial charge is 0.293 e. The number of nitrogens with zero attached hydrogens (tertiary/aromatic N) is 1. The SMILES string of the molecule is CC(C)c1ccc(C(=O)C(C)c2ccccn2)cc1. The van der Waals surface area contributed by atoms with Crippen molar-refractivity contribution in [1.82, 2.24) is 4.98 Å². The second-order valence-electron chi connectivity index (χ2n) is 5.12. The van der Waals surface area contributed by atoms with Gasteiger partial charge in [0.15, 0.2) is 5.78 Å². The number of ketones is 1. The van der Waals surface area contributed by atoms with Crippen LogP contribution in [0.4, 0.5) is 0 Å². The average Bonchev–Trinajstić information content (AvgIpc) is 2.46. The van der Waals surface area contributed by atoms with Gasteiger partial charge in [0, 0.05) is 11.8 Å². The number of carbonyl (C=O) groups is 1. The Bertz CT molecular complexity index is 543. The molecule has 0 N–H and O–H groups in total. The lowest BCUT2D eigenvalue weighted by atomic mass is 9.94. The quantitative estimate of drug-likeness (QED) is 0.765. The first-order valence-corrected chi connectivity index (χ1v) is 6.64. The van der Waals surface area contributed by atoms with Crippen LogP contribution < -0.4 is 0 Å². The van der Waals surface area contributed by atoms with E-state index in [4.69, 9.17) is 0 Å². The van der Waals surface area contributed by atoms with E-state index in [1.54, 1.807) is 6.20 Å². The fraction of sp³-hybridized carbons (Fsp3) is 0.294. The van der Waals surface area contributed by atoms with E-state index in [2.05, 4.69) is 18.8 Å². The van der Waals surface area contributed by atoms with Gasteiger partial charge in [-0.15, -0.1) is 0 Å². The number of hydrogen-bond acceptors (Lipinski definition) is 2. The van der Waals surface area contributed by atoms with Crippen LogP contribution in [-0.4, -0.2) is 10.8 Å². The molecule has 2 heteroatoms. The van der Waals surface area contributed by atoms with Gasteiger partial charge in [0.1, 0.15) is 0 Å². The maximum atomic E-state index is 12.4. The van der Waals surface area contributed by atoms with Crippen molar-refractivity contribution in [2.45, 2.75) is 32.6 Å². The van der Waals surface area contributed by atoms with E-state index in [-0.39, 0.29) is 11.7 Å². The van der Waals surface area contributed by atoms with Crippen molar-refractivity contribution in [2.24, 2.45) is 0 Å². The summed E-state index contributed by atoms with van der Waals surface area (Å²) in [4.78, 5) is 16.6. The predicted molar refractivity (Wildman–Crippen MR) is 77.5 cm³/mol. The summed E-state index contributed by atoms with van der Waals surface area (Å²) >= 11 is 0. The average molecular weight is 253 g/mol. The highest BCUT2D eigenvalue weighted by Gasteiger charge is 2.18. The van der Waals surface area contributed by atoms with Crippen LogP contribution >= 0.6 is 0 Å². The molecule has 1 unspecified atom stereocenters.